The van der Waals surface area contributed by atoms with Gasteiger partial charge in [0.15, 0.2) is 5.82 Å². The number of nitrogens with one attached hydrogen (secondary N) is 2. The highest BCUT2D eigenvalue weighted by molar-refractivity contribution is 7.13. The molecule has 2 aromatic heterocycles. The lowest BCUT2D eigenvalue weighted by Crippen LogP contribution is -2.34. The van der Waals surface area contributed by atoms with Crippen molar-refractivity contribution in [3.05, 3.63) is 41.0 Å². The van der Waals surface area contributed by atoms with Gasteiger partial charge in [-0.1, -0.05) is 40.7 Å². The van der Waals surface area contributed by atoms with Crippen LogP contribution in [0.2, 0.25) is 0 Å². The molecule has 34 heavy (non-hydrogen) atoms. The third-order valence-electron chi connectivity index (χ3n) is 5.77. The lowest BCUT2D eigenvalue weighted by atomic mass is 9.95. The molecule has 0 unspecified atom stereocenters. The summed E-state index contributed by atoms with van der Waals surface area (Å²) in [6.07, 6.45) is 0.733. The maximum atomic E-state index is 13.2. The predicted molar refractivity (Wildman–Crippen MR) is 136 cm³/mol. The van der Waals surface area contributed by atoms with Crippen LogP contribution in [-0.4, -0.2) is 35.0 Å². The average Bonchev–Trinajstić information content (AvgIpc) is 3.44. The van der Waals surface area contributed by atoms with Crippen LogP contribution in [-0.2, 0) is 17.8 Å². The summed E-state index contributed by atoms with van der Waals surface area (Å²) >= 11 is 1.59. The molecule has 0 saturated heterocycles. The maximum Gasteiger partial charge on any atom is 0.287 e. The fraction of sp³-hybridized carbons (Fsp3) is 0.423. The number of hydrogen-bond acceptors (Lipinski definition) is 5. The minimum atomic E-state index is -0.177. The van der Waals surface area contributed by atoms with Crippen LogP contribution >= 0.6 is 11.3 Å². The Bertz CT molecular complexity index is 1220. The first-order valence-corrected chi connectivity index (χ1v) is 12.4. The highest BCUT2D eigenvalue weighted by atomic mass is 32.1. The zero-order valence-corrected chi connectivity index (χ0v) is 21.4. The largest absolute Gasteiger partial charge is 0.495 e. The molecule has 0 fully saturated rings. The van der Waals surface area contributed by atoms with Crippen LogP contribution in [0.25, 0.3) is 21.8 Å². The van der Waals surface area contributed by atoms with Crippen LogP contribution in [0.5, 0.6) is 5.75 Å². The molecule has 0 saturated carbocycles. The number of thiophene rings is 1. The first-order chi connectivity index (χ1) is 16.1. The molecule has 0 spiro atoms. The molecule has 2 amide bonds. The third-order valence-corrected chi connectivity index (χ3v) is 6.65. The molecular weight excluding hydrogens is 448 g/mol. The van der Waals surface area contributed by atoms with E-state index in [2.05, 4.69) is 31.4 Å². The van der Waals surface area contributed by atoms with Crippen molar-refractivity contribution in [1.29, 1.82) is 0 Å². The van der Waals surface area contributed by atoms with E-state index in [4.69, 9.17) is 9.72 Å². The van der Waals surface area contributed by atoms with Crippen LogP contribution in [0.3, 0.4) is 0 Å². The Hall–Kier alpha value is -3.13. The Labute approximate surface area is 204 Å². The smallest absolute Gasteiger partial charge is 0.287 e. The topological polar surface area (TPSA) is 85.2 Å². The predicted octanol–water partition coefficient (Wildman–Crippen LogP) is 5.21. The number of amides is 2. The second-order valence-corrected chi connectivity index (χ2v) is 11.1. The molecule has 0 bridgehead atoms. The summed E-state index contributed by atoms with van der Waals surface area (Å²) < 4.78 is 7.60. The molecule has 7 nitrogen and oxygen atoms in total. The number of carbonyl (C=O) groups excluding carboxylic acids is 2. The van der Waals surface area contributed by atoms with E-state index in [1.54, 1.807) is 18.4 Å². The number of aromatic nitrogens is 2. The highest BCUT2D eigenvalue weighted by Gasteiger charge is 2.30. The van der Waals surface area contributed by atoms with Crippen molar-refractivity contribution in [2.75, 3.05) is 19.0 Å². The summed E-state index contributed by atoms with van der Waals surface area (Å²) in [5, 5.41) is 8.04. The van der Waals surface area contributed by atoms with Gasteiger partial charge in [0.25, 0.3) is 5.91 Å². The van der Waals surface area contributed by atoms with Gasteiger partial charge < -0.3 is 19.9 Å². The molecule has 8 heteroatoms. The Kier molecular flexibility index (Phi) is 6.53. The van der Waals surface area contributed by atoms with Gasteiger partial charge in [-0.05, 0) is 41.0 Å². The second kappa shape index (κ2) is 9.25. The number of ether oxygens (including phenoxy) is 1. The number of carbonyl (C=O) groups is 2. The molecule has 0 radical (unpaired) electrons. The molecule has 2 N–H and O–H groups in total. The van der Waals surface area contributed by atoms with Crippen molar-refractivity contribution >= 4 is 28.8 Å². The number of hydrogen-bond donors (Lipinski definition) is 2. The fourth-order valence-electron chi connectivity index (χ4n) is 3.95. The standard InChI is InChI=1S/C26H32N4O3S/c1-15(2)24(31)28-18-13-17-16(12-19(18)33-6)9-10-30-22(17)21(20-8-7-11-34-20)29-23(30)25(32)27-14-26(3,4)5/h7-8,11-13,15H,9-10,14H2,1-6H3,(H,27,32)(H,28,31). The number of aryl methyl sites for hydroxylation is 1. The van der Waals surface area contributed by atoms with Gasteiger partial charge in [0.1, 0.15) is 11.4 Å². The first kappa shape index (κ1) is 24.0. The highest BCUT2D eigenvalue weighted by Crippen LogP contribution is 2.43. The van der Waals surface area contributed by atoms with Gasteiger partial charge in [-0.15, -0.1) is 11.3 Å². The summed E-state index contributed by atoms with van der Waals surface area (Å²) in [7, 11) is 1.61. The van der Waals surface area contributed by atoms with E-state index in [0.29, 0.717) is 30.4 Å². The van der Waals surface area contributed by atoms with E-state index in [-0.39, 0.29) is 23.1 Å². The van der Waals surface area contributed by atoms with Crippen molar-refractivity contribution in [2.24, 2.45) is 11.3 Å². The molecule has 0 atom stereocenters. The van der Waals surface area contributed by atoms with Crippen LogP contribution in [0, 0.1) is 11.3 Å². The number of rotatable bonds is 6. The van der Waals surface area contributed by atoms with E-state index in [1.807, 2.05) is 48.1 Å². The van der Waals surface area contributed by atoms with Gasteiger partial charge in [-0.25, -0.2) is 4.98 Å². The Morgan fingerprint density at radius 1 is 1.26 bits per heavy atom. The maximum absolute atomic E-state index is 13.2. The Balaban J connectivity index is 1.85. The van der Waals surface area contributed by atoms with Crippen molar-refractivity contribution < 1.29 is 14.3 Å². The Morgan fingerprint density at radius 3 is 2.65 bits per heavy atom. The van der Waals surface area contributed by atoms with Crippen LogP contribution in [0.15, 0.2) is 29.6 Å². The third kappa shape index (κ3) is 4.73. The van der Waals surface area contributed by atoms with Gasteiger partial charge in [-0.3, -0.25) is 9.59 Å². The summed E-state index contributed by atoms with van der Waals surface area (Å²) in [4.78, 5) is 31.5. The number of benzene rings is 1. The molecule has 4 rings (SSSR count). The van der Waals surface area contributed by atoms with E-state index in [9.17, 15) is 9.59 Å². The monoisotopic (exact) mass is 480 g/mol. The lowest BCUT2D eigenvalue weighted by Gasteiger charge is -2.24. The summed E-state index contributed by atoms with van der Waals surface area (Å²) in [5.74, 6) is 0.622. The van der Waals surface area contributed by atoms with Crippen molar-refractivity contribution in [3.8, 4) is 27.6 Å². The number of imidazole rings is 1. The van der Waals surface area contributed by atoms with Gasteiger partial charge in [-0.2, -0.15) is 0 Å². The van der Waals surface area contributed by atoms with Crippen LogP contribution in [0.1, 0.15) is 50.8 Å². The second-order valence-electron chi connectivity index (χ2n) is 10.1. The number of nitrogens with zero attached hydrogens (tertiary/aromatic N) is 2. The normalized spacial score (nSPS) is 12.8. The van der Waals surface area contributed by atoms with Gasteiger partial charge in [0.2, 0.25) is 5.91 Å². The molecule has 3 heterocycles. The Morgan fingerprint density at radius 2 is 2.03 bits per heavy atom. The van der Waals surface area contributed by atoms with E-state index in [1.165, 1.54) is 0 Å². The number of fused-ring (bicyclic) bond motifs is 3. The van der Waals surface area contributed by atoms with Crippen molar-refractivity contribution in [2.45, 2.75) is 47.6 Å². The minimum Gasteiger partial charge on any atom is -0.495 e. The van der Waals surface area contributed by atoms with E-state index in [0.717, 1.165) is 33.8 Å². The van der Waals surface area contributed by atoms with Gasteiger partial charge in [0.05, 0.1) is 23.4 Å². The minimum absolute atomic E-state index is 0.0315. The number of anilines is 1. The van der Waals surface area contributed by atoms with Crippen molar-refractivity contribution in [3.63, 3.8) is 0 Å². The van der Waals surface area contributed by atoms with E-state index < -0.39 is 0 Å². The van der Waals surface area contributed by atoms with Gasteiger partial charge in [0, 0.05) is 24.6 Å². The quantitative estimate of drug-likeness (QED) is 0.507. The van der Waals surface area contributed by atoms with Crippen LogP contribution < -0.4 is 15.4 Å². The molecule has 1 aliphatic rings. The lowest BCUT2D eigenvalue weighted by molar-refractivity contribution is -0.118. The molecule has 1 aromatic carbocycles. The summed E-state index contributed by atoms with van der Waals surface area (Å²) in [5.41, 5.74) is 4.32. The van der Waals surface area contributed by atoms with Crippen LogP contribution in [0.4, 0.5) is 5.69 Å². The van der Waals surface area contributed by atoms with Crippen molar-refractivity contribution in [1.82, 2.24) is 14.9 Å². The summed E-state index contributed by atoms with van der Waals surface area (Å²) in [6, 6.07) is 7.94. The van der Waals surface area contributed by atoms with Gasteiger partial charge >= 0.3 is 0 Å². The average molecular weight is 481 g/mol. The first-order valence-electron chi connectivity index (χ1n) is 11.5. The summed E-state index contributed by atoms with van der Waals surface area (Å²) in [6.45, 7) is 11.2. The molecule has 0 aliphatic carbocycles. The zero-order chi connectivity index (χ0) is 24.6. The zero-order valence-electron chi connectivity index (χ0n) is 20.6. The van der Waals surface area contributed by atoms with E-state index >= 15 is 0 Å². The molecule has 3 aromatic rings. The SMILES string of the molecule is COc1cc2c(cc1NC(=O)C(C)C)-c1c(-c3cccs3)nc(C(=O)NCC(C)(C)C)n1CC2. The molecule has 1 aliphatic heterocycles. The fourth-order valence-corrected chi connectivity index (χ4v) is 4.67. The molecular formula is C26H32N4O3S. The molecule has 180 valence electrons. The number of methoxy groups -OCH3 is 1.